The number of hydrogen-bond acceptors (Lipinski definition) is 7. The van der Waals surface area contributed by atoms with Crippen LogP contribution in [0.15, 0.2) is 0 Å². The molecule has 1 saturated heterocycles. The van der Waals surface area contributed by atoms with Crippen molar-refractivity contribution in [2.45, 2.75) is 62.9 Å². The van der Waals surface area contributed by atoms with E-state index in [4.69, 9.17) is 9.47 Å². The summed E-state index contributed by atoms with van der Waals surface area (Å²) in [5.74, 6) is -4.71. The van der Waals surface area contributed by atoms with Gasteiger partial charge in [0.1, 0.15) is 24.3 Å². The van der Waals surface area contributed by atoms with E-state index in [1.54, 1.807) is 0 Å². The van der Waals surface area contributed by atoms with Crippen molar-refractivity contribution < 1.29 is 42.5 Å². The lowest BCUT2D eigenvalue weighted by Gasteiger charge is -2.35. The number of carboxylic acid groups (broad SMARTS) is 1. The molecular formula is C17H19F2O7-. The van der Waals surface area contributed by atoms with Crippen LogP contribution in [0.2, 0.25) is 0 Å². The van der Waals surface area contributed by atoms with Crippen LogP contribution in [0.4, 0.5) is 8.78 Å². The average molecular weight is 373 g/mol. The Morgan fingerprint density at radius 1 is 1.15 bits per heavy atom. The number of carboxylic acids is 1. The fraction of sp³-hybridized carbons (Fsp3) is 0.824. The largest absolute Gasteiger partial charge is 0.542 e. The average Bonchev–Trinajstić information content (AvgIpc) is 3.18. The number of ether oxygens (including phenoxy) is 3. The van der Waals surface area contributed by atoms with Gasteiger partial charge >= 0.3 is 18.0 Å². The van der Waals surface area contributed by atoms with E-state index in [2.05, 4.69) is 4.74 Å². The van der Waals surface area contributed by atoms with Crippen molar-refractivity contribution in [2.24, 2.45) is 23.7 Å². The molecule has 0 amide bonds. The second-order valence-corrected chi connectivity index (χ2v) is 7.64. The van der Waals surface area contributed by atoms with Crippen LogP contribution in [0.1, 0.15) is 38.5 Å². The van der Waals surface area contributed by atoms with Gasteiger partial charge in [0.15, 0.2) is 0 Å². The van der Waals surface area contributed by atoms with Crippen molar-refractivity contribution >= 4 is 17.9 Å². The lowest BCUT2D eigenvalue weighted by molar-refractivity contribution is -0.372. The van der Waals surface area contributed by atoms with Crippen molar-refractivity contribution in [3.8, 4) is 0 Å². The highest BCUT2D eigenvalue weighted by Gasteiger charge is 2.64. The van der Waals surface area contributed by atoms with Crippen LogP contribution in [0.5, 0.6) is 0 Å². The zero-order valence-electron chi connectivity index (χ0n) is 13.9. The maximum absolute atomic E-state index is 13.4. The fourth-order valence-electron chi connectivity index (χ4n) is 5.12. The molecule has 4 fully saturated rings. The van der Waals surface area contributed by atoms with Crippen LogP contribution in [-0.4, -0.2) is 42.3 Å². The van der Waals surface area contributed by atoms with E-state index in [9.17, 15) is 28.3 Å². The van der Waals surface area contributed by atoms with Crippen molar-refractivity contribution in [2.75, 3.05) is 0 Å². The Bertz CT molecular complexity index is 635. The van der Waals surface area contributed by atoms with E-state index in [0.717, 1.165) is 6.42 Å². The third-order valence-electron chi connectivity index (χ3n) is 6.20. The topological polar surface area (TPSA) is 102 Å². The van der Waals surface area contributed by atoms with Crippen LogP contribution in [-0.2, 0) is 28.6 Å². The third-order valence-corrected chi connectivity index (χ3v) is 6.20. The van der Waals surface area contributed by atoms with Gasteiger partial charge < -0.3 is 24.1 Å². The highest BCUT2D eigenvalue weighted by molar-refractivity contribution is 5.85. The molecule has 26 heavy (non-hydrogen) atoms. The van der Waals surface area contributed by atoms with Gasteiger partial charge in [-0.3, -0.25) is 9.59 Å². The first-order valence-corrected chi connectivity index (χ1v) is 8.96. The van der Waals surface area contributed by atoms with Gasteiger partial charge in [-0.2, -0.15) is 8.78 Å². The van der Waals surface area contributed by atoms with E-state index in [1.165, 1.54) is 0 Å². The van der Waals surface area contributed by atoms with Gasteiger partial charge in [-0.05, 0) is 38.0 Å². The molecule has 144 valence electrons. The molecule has 4 rings (SSSR count). The second-order valence-electron chi connectivity index (χ2n) is 7.64. The summed E-state index contributed by atoms with van der Waals surface area (Å²) in [6.45, 7) is 0. The molecule has 1 aliphatic heterocycles. The summed E-state index contributed by atoms with van der Waals surface area (Å²) in [6, 6.07) is 0. The van der Waals surface area contributed by atoms with E-state index in [-0.39, 0.29) is 30.3 Å². The molecule has 0 radical (unpaired) electrons. The Labute approximate surface area is 148 Å². The first-order valence-electron chi connectivity index (χ1n) is 8.96. The predicted octanol–water partition coefficient (Wildman–Crippen LogP) is 0.398. The zero-order chi connectivity index (χ0) is 18.6. The van der Waals surface area contributed by atoms with Gasteiger partial charge in [-0.25, -0.2) is 0 Å². The molecule has 7 atom stereocenters. The highest BCUT2D eigenvalue weighted by atomic mass is 19.3. The molecule has 0 aromatic heterocycles. The molecule has 7 unspecified atom stereocenters. The Kier molecular flexibility index (Phi) is 4.17. The summed E-state index contributed by atoms with van der Waals surface area (Å²) < 4.78 is 41.8. The first kappa shape index (κ1) is 17.6. The Morgan fingerprint density at radius 2 is 1.85 bits per heavy atom. The van der Waals surface area contributed by atoms with Gasteiger partial charge in [-0.15, -0.1) is 0 Å². The molecule has 3 saturated carbocycles. The molecule has 3 aliphatic carbocycles. The van der Waals surface area contributed by atoms with Gasteiger partial charge in [0.25, 0.3) is 0 Å². The zero-order valence-corrected chi connectivity index (χ0v) is 13.9. The SMILES string of the molecule is O=C(OC1CCCCC1OC(F)(F)C(=O)[O-])C1C2CC3OC(=O)C1C3C2. The Hall–Kier alpha value is -1.77. The summed E-state index contributed by atoms with van der Waals surface area (Å²) in [7, 11) is 0. The van der Waals surface area contributed by atoms with Crippen LogP contribution in [0, 0.1) is 23.7 Å². The van der Waals surface area contributed by atoms with E-state index in [1.807, 2.05) is 0 Å². The number of carbonyl (C=O) groups excluding carboxylic acids is 3. The van der Waals surface area contributed by atoms with Crippen LogP contribution < -0.4 is 5.11 Å². The Morgan fingerprint density at radius 3 is 2.54 bits per heavy atom. The van der Waals surface area contributed by atoms with Crippen molar-refractivity contribution in [3.63, 3.8) is 0 Å². The van der Waals surface area contributed by atoms with Gasteiger partial charge in [-0.1, -0.05) is 6.42 Å². The number of alkyl halides is 2. The molecule has 7 nitrogen and oxygen atoms in total. The Balaban J connectivity index is 1.44. The van der Waals surface area contributed by atoms with E-state index in [0.29, 0.717) is 25.7 Å². The summed E-state index contributed by atoms with van der Waals surface area (Å²) in [5.41, 5.74) is 0. The smallest absolute Gasteiger partial charge is 0.397 e. The fourth-order valence-corrected chi connectivity index (χ4v) is 5.12. The molecular weight excluding hydrogens is 354 g/mol. The number of hydrogen-bond donors (Lipinski definition) is 0. The van der Waals surface area contributed by atoms with Crippen LogP contribution in [0.25, 0.3) is 0 Å². The molecule has 2 bridgehead atoms. The quantitative estimate of drug-likeness (QED) is 0.643. The van der Waals surface area contributed by atoms with Crippen molar-refractivity contribution in [1.82, 2.24) is 0 Å². The molecule has 0 spiro atoms. The van der Waals surface area contributed by atoms with Crippen molar-refractivity contribution in [3.05, 3.63) is 0 Å². The first-order chi connectivity index (χ1) is 12.3. The monoisotopic (exact) mass is 373 g/mol. The van der Waals surface area contributed by atoms with Gasteiger partial charge in [0, 0.05) is 5.92 Å². The van der Waals surface area contributed by atoms with Crippen LogP contribution >= 0.6 is 0 Å². The molecule has 1 heterocycles. The number of fused-ring (bicyclic) bond motifs is 1. The number of esters is 2. The minimum Gasteiger partial charge on any atom is -0.542 e. The van der Waals surface area contributed by atoms with Gasteiger partial charge in [0.2, 0.25) is 0 Å². The third kappa shape index (κ3) is 2.76. The summed E-state index contributed by atoms with van der Waals surface area (Å²) in [6.07, 6.45) is -3.71. The molecule has 0 aromatic carbocycles. The normalized spacial score (nSPS) is 41.2. The van der Waals surface area contributed by atoms with Crippen molar-refractivity contribution in [1.29, 1.82) is 0 Å². The van der Waals surface area contributed by atoms with E-state index < -0.39 is 42.1 Å². The number of carbonyl (C=O) groups is 3. The number of aliphatic carboxylic acids is 1. The predicted molar refractivity (Wildman–Crippen MR) is 76.2 cm³/mol. The molecule has 4 aliphatic rings. The maximum Gasteiger partial charge on any atom is 0.397 e. The maximum atomic E-state index is 13.4. The summed E-state index contributed by atoms with van der Waals surface area (Å²) in [4.78, 5) is 35.2. The lowest BCUT2D eigenvalue weighted by atomic mass is 9.80. The molecule has 9 heteroatoms. The summed E-state index contributed by atoms with van der Waals surface area (Å²) in [5, 5.41) is 10.5. The lowest BCUT2D eigenvalue weighted by Crippen LogP contribution is -2.49. The standard InChI is InChI=1S/C17H20F2O7/c18-17(19,16(22)23)26-10-4-2-1-3-9(10)24-14(20)12-7-5-8-11(6-7)25-15(21)13(8)12/h7-13H,1-6H2,(H,22,23)/p-1. The highest BCUT2D eigenvalue weighted by Crippen LogP contribution is 2.58. The van der Waals surface area contributed by atoms with E-state index >= 15 is 0 Å². The number of halogens is 2. The molecule has 0 N–H and O–H groups in total. The summed E-state index contributed by atoms with van der Waals surface area (Å²) >= 11 is 0. The second kappa shape index (κ2) is 6.14. The van der Waals surface area contributed by atoms with Crippen LogP contribution in [0.3, 0.4) is 0 Å². The number of rotatable bonds is 5. The minimum absolute atomic E-state index is 0.00145. The molecule has 0 aromatic rings. The minimum atomic E-state index is -4.44. The van der Waals surface area contributed by atoms with Gasteiger partial charge in [0.05, 0.1) is 11.8 Å².